The summed E-state index contributed by atoms with van der Waals surface area (Å²) in [5.41, 5.74) is 0. The van der Waals surface area contributed by atoms with Crippen LogP contribution in [0.2, 0.25) is 24.7 Å². The van der Waals surface area contributed by atoms with Gasteiger partial charge >= 0.3 is 0 Å². The summed E-state index contributed by atoms with van der Waals surface area (Å²) in [4.78, 5) is 0. The van der Waals surface area contributed by atoms with E-state index in [2.05, 4.69) is 40.4 Å². The Morgan fingerprint density at radius 1 is 1.27 bits per heavy atom. The highest BCUT2D eigenvalue weighted by atomic mass is 28.3. The molecule has 0 aliphatic rings. The Balaban J connectivity index is 4.45. The molecule has 1 atom stereocenters. The number of hydrogen-bond acceptors (Lipinski definition) is 1. The van der Waals surface area contributed by atoms with Crippen LogP contribution in [0, 0.1) is 5.92 Å². The van der Waals surface area contributed by atoms with E-state index < -0.39 is 8.07 Å². The van der Waals surface area contributed by atoms with E-state index in [1.807, 2.05) is 0 Å². The Morgan fingerprint density at radius 2 is 1.64 bits per heavy atom. The summed E-state index contributed by atoms with van der Waals surface area (Å²) in [6.07, 6.45) is 0. The molecule has 0 aliphatic heterocycles. The molecule has 0 aromatic heterocycles. The standard InChI is InChI=1S/C9H22OSi/c1-8(7-10)9(2,3)11(4,5)6/h8,10H,7H2,1-6H3. The average molecular weight is 174 g/mol. The van der Waals surface area contributed by atoms with Crippen LogP contribution >= 0.6 is 0 Å². The minimum atomic E-state index is -1.13. The highest BCUT2D eigenvalue weighted by molar-refractivity contribution is 6.79. The number of aliphatic hydroxyl groups excluding tert-OH is 1. The smallest absolute Gasteiger partial charge is 0.0503 e. The van der Waals surface area contributed by atoms with Crippen LogP contribution in [0.25, 0.3) is 0 Å². The Hall–Kier alpha value is 0.177. The average Bonchev–Trinajstić information content (AvgIpc) is 1.83. The molecular formula is C9H22OSi. The number of hydrogen-bond donors (Lipinski definition) is 1. The zero-order valence-electron chi connectivity index (χ0n) is 8.73. The molecule has 0 aromatic carbocycles. The lowest BCUT2D eigenvalue weighted by molar-refractivity contribution is 0.206. The molecule has 0 saturated carbocycles. The van der Waals surface area contributed by atoms with Crippen molar-refractivity contribution in [3.8, 4) is 0 Å². The normalized spacial score (nSPS) is 16.6. The minimum Gasteiger partial charge on any atom is -0.396 e. The van der Waals surface area contributed by atoms with Crippen molar-refractivity contribution >= 4 is 8.07 Å². The molecule has 0 spiro atoms. The number of aliphatic hydroxyl groups is 1. The molecule has 1 nitrogen and oxygen atoms in total. The maximum atomic E-state index is 9.06. The van der Waals surface area contributed by atoms with Gasteiger partial charge in [0.15, 0.2) is 0 Å². The van der Waals surface area contributed by atoms with Crippen molar-refractivity contribution in [1.29, 1.82) is 0 Å². The molecule has 0 rings (SSSR count). The SMILES string of the molecule is CC(CO)C(C)(C)[Si](C)(C)C. The second kappa shape index (κ2) is 3.28. The Kier molecular flexibility index (Phi) is 3.33. The van der Waals surface area contributed by atoms with Crippen LogP contribution in [-0.4, -0.2) is 19.8 Å². The van der Waals surface area contributed by atoms with Gasteiger partial charge < -0.3 is 5.11 Å². The summed E-state index contributed by atoms with van der Waals surface area (Å²) in [6, 6.07) is 0. The predicted molar refractivity (Wildman–Crippen MR) is 53.6 cm³/mol. The summed E-state index contributed by atoms with van der Waals surface area (Å²) in [7, 11) is -1.13. The van der Waals surface area contributed by atoms with Crippen LogP contribution in [-0.2, 0) is 0 Å². The first-order chi connectivity index (χ1) is 4.73. The highest BCUT2D eigenvalue weighted by Gasteiger charge is 2.38. The van der Waals surface area contributed by atoms with E-state index >= 15 is 0 Å². The minimum absolute atomic E-state index is 0.317. The molecule has 11 heavy (non-hydrogen) atoms. The quantitative estimate of drug-likeness (QED) is 0.652. The van der Waals surface area contributed by atoms with E-state index in [1.54, 1.807) is 0 Å². The highest BCUT2D eigenvalue weighted by Crippen LogP contribution is 2.43. The van der Waals surface area contributed by atoms with Crippen LogP contribution in [0.3, 0.4) is 0 Å². The topological polar surface area (TPSA) is 20.2 Å². The first-order valence-electron chi connectivity index (χ1n) is 4.34. The lowest BCUT2D eigenvalue weighted by Crippen LogP contribution is -2.40. The fourth-order valence-corrected chi connectivity index (χ4v) is 2.54. The van der Waals surface area contributed by atoms with Crippen LogP contribution < -0.4 is 0 Å². The fourth-order valence-electron chi connectivity index (χ4n) is 0.967. The van der Waals surface area contributed by atoms with Gasteiger partial charge in [-0.1, -0.05) is 40.4 Å². The van der Waals surface area contributed by atoms with E-state index in [4.69, 9.17) is 5.11 Å². The molecule has 0 fully saturated rings. The van der Waals surface area contributed by atoms with Crippen molar-refractivity contribution in [3.05, 3.63) is 0 Å². The van der Waals surface area contributed by atoms with Crippen molar-refractivity contribution in [2.24, 2.45) is 5.92 Å². The van der Waals surface area contributed by atoms with Gasteiger partial charge in [0, 0.05) is 6.61 Å². The molecule has 2 heteroatoms. The van der Waals surface area contributed by atoms with Gasteiger partial charge in [-0.05, 0) is 11.0 Å². The van der Waals surface area contributed by atoms with E-state index in [-0.39, 0.29) is 0 Å². The monoisotopic (exact) mass is 174 g/mol. The van der Waals surface area contributed by atoms with E-state index in [1.165, 1.54) is 0 Å². The molecule has 0 bridgehead atoms. The van der Waals surface area contributed by atoms with Crippen LogP contribution in [0.1, 0.15) is 20.8 Å². The summed E-state index contributed by atoms with van der Waals surface area (Å²) >= 11 is 0. The van der Waals surface area contributed by atoms with Crippen molar-refractivity contribution in [2.45, 2.75) is 45.5 Å². The van der Waals surface area contributed by atoms with Gasteiger partial charge in [-0.3, -0.25) is 0 Å². The molecular weight excluding hydrogens is 152 g/mol. The summed E-state index contributed by atoms with van der Waals surface area (Å²) in [6.45, 7) is 14.1. The molecule has 0 heterocycles. The third kappa shape index (κ3) is 2.31. The predicted octanol–water partition coefficient (Wildman–Crippen LogP) is 2.73. The third-order valence-electron chi connectivity index (χ3n) is 3.44. The van der Waals surface area contributed by atoms with Crippen molar-refractivity contribution in [3.63, 3.8) is 0 Å². The van der Waals surface area contributed by atoms with Gasteiger partial charge in [0.2, 0.25) is 0 Å². The maximum absolute atomic E-state index is 9.06. The molecule has 1 N–H and O–H groups in total. The van der Waals surface area contributed by atoms with Crippen LogP contribution in [0.15, 0.2) is 0 Å². The zero-order chi connectivity index (χ0) is 9.28. The largest absolute Gasteiger partial charge is 0.396 e. The lowest BCUT2D eigenvalue weighted by atomic mass is 9.98. The molecule has 0 amide bonds. The van der Waals surface area contributed by atoms with Crippen molar-refractivity contribution < 1.29 is 5.11 Å². The summed E-state index contributed by atoms with van der Waals surface area (Å²) < 4.78 is 0. The van der Waals surface area contributed by atoms with E-state index in [0.717, 1.165) is 0 Å². The van der Waals surface area contributed by atoms with E-state index in [0.29, 0.717) is 17.6 Å². The van der Waals surface area contributed by atoms with Crippen LogP contribution in [0.5, 0.6) is 0 Å². The van der Waals surface area contributed by atoms with Crippen molar-refractivity contribution in [1.82, 2.24) is 0 Å². The second-order valence-corrected chi connectivity index (χ2v) is 10.8. The molecule has 68 valence electrons. The van der Waals surface area contributed by atoms with Gasteiger partial charge in [0.25, 0.3) is 0 Å². The van der Waals surface area contributed by atoms with Gasteiger partial charge in [-0.25, -0.2) is 0 Å². The third-order valence-corrected chi connectivity index (χ3v) is 7.80. The number of rotatable bonds is 3. The van der Waals surface area contributed by atoms with Crippen molar-refractivity contribution in [2.75, 3.05) is 6.61 Å². The second-order valence-electron chi connectivity index (χ2n) is 5.06. The fraction of sp³-hybridized carbons (Fsp3) is 1.00. The Morgan fingerprint density at radius 3 is 1.73 bits per heavy atom. The van der Waals surface area contributed by atoms with E-state index in [9.17, 15) is 0 Å². The summed E-state index contributed by atoms with van der Waals surface area (Å²) in [5.74, 6) is 0.425. The first kappa shape index (κ1) is 11.2. The van der Waals surface area contributed by atoms with Gasteiger partial charge in [0.1, 0.15) is 0 Å². The molecule has 1 unspecified atom stereocenters. The zero-order valence-corrected chi connectivity index (χ0v) is 9.73. The molecule has 0 aromatic rings. The first-order valence-corrected chi connectivity index (χ1v) is 7.84. The van der Waals surface area contributed by atoms with Crippen LogP contribution in [0.4, 0.5) is 0 Å². The lowest BCUT2D eigenvalue weighted by Gasteiger charge is -2.41. The maximum Gasteiger partial charge on any atom is 0.0503 e. The van der Waals surface area contributed by atoms with Gasteiger partial charge in [-0.2, -0.15) is 0 Å². The molecule has 0 radical (unpaired) electrons. The van der Waals surface area contributed by atoms with Gasteiger partial charge in [0.05, 0.1) is 8.07 Å². The molecule has 0 saturated heterocycles. The summed E-state index contributed by atoms with van der Waals surface area (Å²) in [5, 5.41) is 9.39. The Bertz CT molecular complexity index is 124. The Labute approximate surface area is 71.8 Å². The molecule has 0 aliphatic carbocycles. The van der Waals surface area contributed by atoms with Gasteiger partial charge in [-0.15, -0.1) is 0 Å².